The summed E-state index contributed by atoms with van der Waals surface area (Å²) in [7, 11) is 1.52. The van der Waals surface area contributed by atoms with Crippen LogP contribution in [0.2, 0.25) is 0 Å². The van der Waals surface area contributed by atoms with Crippen molar-refractivity contribution in [2.75, 3.05) is 12.8 Å². The van der Waals surface area contributed by atoms with E-state index < -0.39 is 11.7 Å². The zero-order valence-electron chi connectivity index (χ0n) is 11.3. The Morgan fingerprint density at radius 1 is 1.05 bits per heavy atom. The Balaban J connectivity index is 2.08. The van der Waals surface area contributed by atoms with E-state index >= 15 is 0 Å². The predicted molar refractivity (Wildman–Crippen MR) is 73.2 cm³/mol. The quantitative estimate of drug-likeness (QED) is 0.871. The van der Waals surface area contributed by atoms with Crippen molar-refractivity contribution in [3.05, 3.63) is 53.6 Å². The maximum Gasteiger partial charge on any atom is 0.416 e. The van der Waals surface area contributed by atoms with Gasteiger partial charge >= 0.3 is 6.18 Å². The maximum atomic E-state index is 12.4. The molecular formula is C15H14F3NO2. The van der Waals surface area contributed by atoms with E-state index in [-0.39, 0.29) is 6.61 Å². The number of rotatable bonds is 4. The van der Waals surface area contributed by atoms with Gasteiger partial charge in [-0.05, 0) is 42.5 Å². The molecule has 0 fully saturated rings. The Bertz CT molecular complexity index is 609. The highest BCUT2D eigenvalue weighted by molar-refractivity contribution is 5.47. The summed E-state index contributed by atoms with van der Waals surface area (Å²) < 4.78 is 47.9. The maximum absolute atomic E-state index is 12.4. The number of methoxy groups -OCH3 is 1. The second-order valence-electron chi connectivity index (χ2n) is 4.38. The van der Waals surface area contributed by atoms with Crippen LogP contribution in [0, 0.1) is 0 Å². The minimum Gasteiger partial charge on any atom is -0.496 e. The first-order chi connectivity index (χ1) is 9.90. The van der Waals surface area contributed by atoms with Gasteiger partial charge in [0.05, 0.1) is 12.7 Å². The van der Waals surface area contributed by atoms with Gasteiger partial charge in [0.25, 0.3) is 0 Å². The number of alkyl halides is 3. The van der Waals surface area contributed by atoms with Crippen LogP contribution in [0.5, 0.6) is 11.5 Å². The summed E-state index contributed by atoms with van der Waals surface area (Å²) in [6.45, 7) is 0.152. The van der Waals surface area contributed by atoms with Crippen molar-refractivity contribution < 1.29 is 22.6 Å². The van der Waals surface area contributed by atoms with Crippen molar-refractivity contribution in [1.29, 1.82) is 0 Å². The lowest BCUT2D eigenvalue weighted by Crippen LogP contribution is -2.04. The first kappa shape index (κ1) is 15.0. The topological polar surface area (TPSA) is 44.5 Å². The summed E-state index contributed by atoms with van der Waals surface area (Å²) in [6.07, 6.45) is -4.35. The van der Waals surface area contributed by atoms with Crippen molar-refractivity contribution in [1.82, 2.24) is 0 Å². The Morgan fingerprint density at radius 2 is 1.71 bits per heavy atom. The van der Waals surface area contributed by atoms with Crippen LogP contribution in [-0.4, -0.2) is 7.11 Å². The summed E-state index contributed by atoms with van der Waals surface area (Å²) in [5.41, 5.74) is 6.25. The van der Waals surface area contributed by atoms with Crippen molar-refractivity contribution in [3.63, 3.8) is 0 Å². The van der Waals surface area contributed by atoms with Gasteiger partial charge in [0.15, 0.2) is 0 Å². The van der Waals surface area contributed by atoms with Gasteiger partial charge in [-0.2, -0.15) is 13.2 Å². The second kappa shape index (κ2) is 5.95. The van der Waals surface area contributed by atoms with Crippen molar-refractivity contribution in [3.8, 4) is 11.5 Å². The smallest absolute Gasteiger partial charge is 0.416 e. The third kappa shape index (κ3) is 3.81. The zero-order chi connectivity index (χ0) is 15.5. The molecule has 0 aliphatic heterocycles. The van der Waals surface area contributed by atoms with Crippen LogP contribution >= 0.6 is 0 Å². The monoisotopic (exact) mass is 297 g/mol. The highest BCUT2D eigenvalue weighted by atomic mass is 19.4. The van der Waals surface area contributed by atoms with Crippen molar-refractivity contribution >= 4 is 5.69 Å². The molecule has 21 heavy (non-hydrogen) atoms. The molecule has 0 amide bonds. The van der Waals surface area contributed by atoms with Gasteiger partial charge in [0, 0.05) is 11.3 Å². The highest BCUT2D eigenvalue weighted by Gasteiger charge is 2.30. The normalized spacial score (nSPS) is 11.2. The molecule has 0 bridgehead atoms. The fourth-order valence-corrected chi connectivity index (χ4v) is 1.81. The van der Waals surface area contributed by atoms with E-state index in [9.17, 15) is 13.2 Å². The molecule has 0 radical (unpaired) electrons. The highest BCUT2D eigenvalue weighted by Crippen LogP contribution is 2.30. The molecule has 2 N–H and O–H groups in total. The number of benzene rings is 2. The van der Waals surface area contributed by atoms with Gasteiger partial charge in [-0.25, -0.2) is 0 Å². The van der Waals surface area contributed by atoms with Gasteiger partial charge in [-0.3, -0.25) is 0 Å². The molecule has 3 nitrogen and oxygen atoms in total. The number of hydrogen-bond acceptors (Lipinski definition) is 3. The van der Waals surface area contributed by atoms with E-state index in [0.29, 0.717) is 17.2 Å². The first-order valence-corrected chi connectivity index (χ1v) is 6.12. The van der Waals surface area contributed by atoms with Crippen LogP contribution in [-0.2, 0) is 12.8 Å². The van der Waals surface area contributed by atoms with E-state index in [1.165, 1.54) is 19.2 Å². The molecule has 0 heterocycles. The molecule has 6 heteroatoms. The summed E-state index contributed by atoms with van der Waals surface area (Å²) in [5, 5.41) is 0. The zero-order valence-corrected chi connectivity index (χ0v) is 11.3. The average Bonchev–Trinajstić information content (AvgIpc) is 2.45. The van der Waals surface area contributed by atoms with Gasteiger partial charge in [0.1, 0.15) is 18.1 Å². The molecule has 0 aliphatic carbocycles. The van der Waals surface area contributed by atoms with Gasteiger partial charge < -0.3 is 15.2 Å². The Kier molecular flexibility index (Phi) is 4.26. The van der Waals surface area contributed by atoms with E-state index in [4.69, 9.17) is 15.2 Å². The Hall–Kier alpha value is -2.37. The van der Waals surface area contributed by atoms with Crippen LogP contribution in [0.4, 0.5) is 18.9 Å². The van der Waals surface area contributed by atoms with Gasteiger partial charge in [0.2, 0.25) is 0 Å². The molecule has 2 aromatic carbocycles. The van der Waals surface area contributed by atoms with E-state index in [1.807, 2.05) is 0 Å². The molecule has 2 rings (SSSR count). The van der Waals surface area contributed by atoms with E-state index in [0.717, 1.165) is 17.7 Å². The molecule has 0 saturated carbocycles. The third-order valence-corrected chi connectivity index (χ3v) is 2.88. The number of halogens is 3. The fourth-order valence-electron chi connectivity index (χ4n) is 1.81. The Morgan fingerprint density at radius 3 is 2.29 bits per heavy atom. The predicted octanol–water partition coefficient (Wildman–Crippen LogP) is 3.88. The Labute approximate surface area is 120 Å². The van der Waals surface area contributed by atoms with Crippen LogP contribution in [0.1, 0.15) is 11.1 Å². The number of nitrogens with two attached hydrogens (primary N) is 1. The van der Waals surface area contributed by atoms with Crippen molar-refractivity contribution in [2.45, 2.75) is 12.8 Å². The summed E-state index contributed by atoms with van der Waals surface area (Å²) in [4.78, 5) is 0. The van der Waals surface area contributed by atoms with Gasteiger partial charge in [-0.1, -0.05) is 0 Å². The summed E-state index contributed by atoms with van der Waals surface area (Å²) >= 11 is 0. The van der Waals surface area contributed by atoms with Crippen LogP contribution in [0.15, 0.2) is 42.5 Å². The molecule has 112 valence electrons. The van der Waals surface area contributed by atoms with E-state index in [1.54, 1.807) is 18.2 Å². The van der Waals surface area contributed by atoms with Crippen LogP contribution in [0.3, 0.4) is 0 Å². The number of nitrogen functional groups attached to an aromatic ring is 1. The number of hydrogen-bond donors (Lipinski definition) is 1. The van der Waals surface area contributed by atoms with E-state index in [2.05, 4.69) is 0 Å². The molecule has 0 atom stereocenters. The molecule has 2 aromatic rings. The standard InChI is InChI=1S/C15H14F3NO2/c1-20-14-7-4-12(19)8-10(14)9-21-13-5-2-11(3-6-13)15(16,17)18/h2-8H,9,19H2,1H3. The van der Waals surface area contributed by atoms with Crippen LogP contribution < -0.4 is 15.2 Å². The first-order valence-electron chi connectivity index (χ1n) is 6.12. The lowest BCUT2D eigenvalue weighted by Gasteiger charge is -2.12. The number of anilines is 1. The second-order valence-corrected chi connectivity index (χ2v) is 4.38. The van der Waals surface area contributed by atoms with Crippen LogP contribution in [0.25, 0.3) is 0 Å². The third-order valence-electron chi connectivity index (χ3n) is 2.88. The summed E-state index contributed by atoms with van der Waals surface area (Å²) in [6, 6.07) is 9.62. The molecule has 0 spiro atoms. The minimum absolute atomic E-state index is 0.152. The molecule has 0 saturated heterocycles. The summed E-state index contributed by atoms with van der Waals surface area (Å²) in [5.74, 6) is 0.948. The average molecular weight is 297 g/mol. The molecular weight excluding hydrogens is 283 g/mol. The molecule has 0 aliphatic rings. The van der Waals surface area contributed by atoms with Gasteiger partial charge in [-0.15, -0.1) is 0 Å². The lowest BCUT2D eigenvalue weighted by atomic mass is 10.2. The largest absolute Gasteiger partial charge is 0.496 e. The number of ether oxygens (including phenoxy) is 2. The molecule has 0 unspecified atom stereocenters. The SMILES string of the molecule is COc1ccc(N)cc1COc1ccc(C(F)(F)F)cc1. The molecule has 0 aromatic heterocycles. The van der Waals surface area contributed by atoms with Crippen molar-refractivity contribution in [2.24, 2.45) is 0 Å². The minimum atomic E-state index is -4.35. The lowest BCUT2D eigenvalue weighted by molar-refractivity contribution is -0.137. The fraction of sp³-hybridized carbons (Fsp3) is 0.200.